The van der Waals surface area contributed by atoms with Gasteiger partial charge >= 0.3 is 11.9 Å². The van der Waals surface area contributed by atoms with E-state index in [1.165, 1.54) is 13.8 Å². The number of carboxylic acid groups (broad SMARTS) is 2. The van der Waals surface area contributed by atoms with E-state index in [9.17, 15) is 32.8 Å². The molecule has 0 aliphatic rings. The lowest BCUT2D eigenvalue weighted by Gasteiger charge is -2.42. The number of aliphatic carboxylic acids is 2. The van der Waals surface area contributed by atoms with Gasteiger partial charge in [0.2, 0.25) is 0 Å². The first-order chi connectivity index (χ1) is 8.97. The lowest BCUT2D eigenvalue weighted by molar-refractivity contribution is -0.163. The van der Waals surface area contributed by atoms with Crippen LogP contribution in [0, 0.1) is 17.3 Å². The van der Waals surface area contributed by atoms with Crippen LogP contribution in [0.2, 0.25) is 0 Å². The standard InChI is InChI=1S/C12H22O7S/c1-5-7(3)12(11(15)16,8(4)6-2)9(10(13)14)20(17,18)19/h7-9H,5-6H2,1-4H3,(H,13,14)(H,15,16)(H,17,18,19). The molecule has 0 aromatic rings. The van der Waals surface area contributed by atoms with E-state index in [2.05, 4.69) is 0 Å². The van der Waals surface area contributed by atoms with Crippen molar-refractivity contribution in [3.8, 4) is 0 Å². The Bertz CT molecular complexity index is 458. The quantitative estimate of drug-likeness (QED) is 0.579. The molecule has 0 spiro atoms. The molecule has 0 heterocycles. The molecule has 8 heteroatoms. The van der Waals surface area contributed by atoms with Crippen LogP contribution in [0.4, 0.5) is 0 Å². The van der Waals surface area contributed by atoms with Gasteiger partial charge in [0.15, 0.2) is 5.25 Å². The molecule has 0 bridgehead atoms. The number of rotatable bonds is 8. The molecular weight excluding hydrogens is 288 g/mol. The van der Waals surface area contributed by atoms with Crippen molar-refractivity contribution >= 4 is 22.1 Å². The van der Waals surface area contributed by atoms with Crippen molar-refractivity contribution in [2.45, 2.75) is 45.8 Å². The van der Waals surface area contributed by atoms with Gasteiger partial charge in [-0.2, -0.15) is 8.42 Å². The van der Waals surface area contributed by atoms with Crippen LogP contribution in [0.3, 0.4) is 0 Å². The normalized spacial score (nSPS) is 19.6. The van der Waals surface area contributed by atoms with Gasteiger partial charge in [-0.15, -0.1) is 0 Å². The maximum Gasteiger partial charge on any atom is 0.325 e. The molecule has 0 aromatic carbocycles. The summed E-state index contributed by atoms with van der Waals surface area (Å²) < 4.78 is 32.2. The third-order valence-corrected chi connectivity index (χ3v) is 5.37. The largest absolute Gasteiger partial charge is 0.481 e. The molecule has 3 atom stereocenters. The van der Waals surface area contributed by atoms with Crippen LogP contribution in [0.25, 0.3) is 0 Å². The summed E-state index contributed by atoms with van der Waals surface area (Å²) in [5.41, 5.74) is -2.08. The van der Waals surface area contributed by atoms with Crippen LogP contribution in [-0.2, 0) is 19.7 Å². The summed E-state index contributed by atoms with van der Waals surface area (Å²) in [6.07, 6.45) is 0.547. The molecule has 0 saturated carbocycles. The van der Waals surface area contributed by atoms with Gasteiger partial charge in [0, 0.05) is 0 Å². The second kappa shape index (κ2) is 6.53. The van der Waals surface area contributed by atoms with Crippen molar-refractivity contribution in [1.82, 2.24) is 0 Å². The molecule has 0 radical (unpaired) electrons. The predicted octanol–water partition coefficient (Wildman–Crippen LogP) is 1.49. The maximum atomic E-state index is 11.8. The second-order valence-corrected chi connectivity index (χ2v) is 6.59. The molecule has 0 saturated heterocycles. The maximum absolute atomic E-state index is 11.8. The summed E-state index contributed by atoms with van der Waals surface area (Å²) in [5.74, 6) is -4.85. The summed E-state index contributed by atoms with van der Waals surface area (Å²) >= 11 is 0. The molecule has 0 fully saturated rings. The topological polar surface area (TPSA) is 129 Å². The van der Waals surface area contributed by atoms with E-state index in [0.717, 1.165) is 0 Å². The molecule has 3 N–H and O–H groups in total. The van der Waals surface area contributed by atoms with Crippen LogP contribution in [0.15, 0.2) is 0 Å². The van der Waals surface area contributed by atoms with Gasteiger partial charge in [0.05, 0.1) is 0 Å². The van der Waals surface area contributed by atoms with E-state index >= 15 is 0 Å². The highest BCUT2D eigenvalue weighted by molar-refractivity contribution is 7.87. The number of carboxylic acids is 2. The van der Waals surface area contributed by atoms with Crippen molar-refractivity contribution in [3.05, 3.63) is 0 Å². The number of hydrogen-bond acceptors (Lipinski definition) is 4. The average molecular weight is 310 g/mol. The first-order valence-electron chi connectivity index (χ1n) is 6.40. The predicted molar refractivity (Wildman–Crippen MR) is 72.0 cm³/mol. The lowest BCUT2D eigenvalue weighted by Crippen LogP contribution is -2.57. The Hall–Kier alpha value is -1.15. The van der Waals surface area contributed by atoms with Gasteiger partial charge in [-0.3, -0.25) is 14.1 Å². The molecular formula is C12H22O7S. The zero-order chi connectivity index (χ0) is 16.3. The van der Waals surface area contributed by atoms with Crippen molar-refractivity contribution in [2.24, 2.45) is 17.3 Å². The lowest BCUT2D eigenvalue weighted by atomic mass is 9.63. The fourth-order valence-corrected chi connectivity index (χ4v) is 4.10. The van der Waals surface area contributed by atoms with Gasteiger partial charge in [0.1, 0.15) is 5.41 Å². The first-order valence-corrected chi connectivity index (χ1v) is 7.90. The van der Waals surface area contributed by atoms with E-state index in [1.807, 2.05) is 0 Å². The highest BCUT2D eigenvalue weighted by atomic mass is 32.2. The fraction of sp³-hybridized carbons (Fsp3) is 0.833. The summed E-state index contributed by atoms with van der Waals surface area (Å²) in [6.45, 7) is 6.27. The summed E-state index contributed by atoms with van der Waals surface area (Å²) in [5, 5.41) is 16.4. The van der Waals surface area contributed by atoms with Crippen LogP contribution in [0.1, 0.15) is 40.5 Å². The van der Waals surface area contributed by atoms with Crippen molar-refractivity contribution in [1.29, 1.82) is 0 Å². The van der Waals surface area contributed by atoms with Crippen LogP contribution in [-0.4, -0.2) is 40.4 Å². The highest BCUT2D eigenvalue weighted by Crippen LogP contribution is 2.45. The Morgan fingerprint density at radius 2 is 1.40 bits per heavy atom. The van der Waals surface area contributed by atoms with Crippen molar-refractivity contribution in [2.75, 3.05) is 0 Å². The average Bonchev–Trinajstić information content (AvgIpc) is 2.30. The van der Waals surface area contributed by atoms with Gasteiger partial charge < -0.3 is 10.2 Å². The highest BCUT2D eigenvalue weighted by Gasteiger charge is 2.61. The molecule has 20 heavy (non-hydrogen) atoms. The molecule has 0 aromatic heterocycles. The third kappa shape index (κ3) is 3.12. The number of hydrogen-bond donors (Lipinski definition) is 3. The Kier molecular flexibility index (Phi) is 6.16. The molecule has 0 aliphatic carbocycles. The van der Waals surface area contributed by atoms with Gasteiger partial charge in [0.25, 0.3) is 10.1 Å². The van der Waals surface area contributed by atoms with Crippen molar-refractivity contribution < 1.29 is 32.8 Å². The minimum atomic E-state index is -5.06. The van der Waals surface area contributed by atoms with Gasteiger partial charge in [-0.1, -0.05) is 40.5 Å². The Labute approximate surface area is 118 Å². The summed E-state index contributed by atoms with van der Waals surface area (Å²) in [6, 6.07) is 0. The molecule has 7 nitrogen and oxygen atoms in total. The van der Waals surface area contributed by atoms with E-state index in [1.54, 1.807) is 13.8 Å². The number of carbonyl (C=O) groups is 2. The zero-order valence-electron chi connectivity index (χ0n) is 12.0. The molecule has 0 amide bonds. The third-order valence-electron chi connectivity index (χ3n) is 4.18. The minimum absolute atomic E-state index is 0.274. The van der Waals surface area contributed by atoms with Crippen LogP contribution in [0.5, 0.6) is 0 Å². The SMILES string of the molecule is CCC(C)C(C(=O)O)(C(C)CC)C(C(=O)O)S(=O)(=O)O. The molecule has 0 rings (SSSR count). The van der Waals surface area contributed by atoms with E-state index in [4.69, 9.17) is 0 Å². The van der Waals surface area contributed by atoms with E-state index in [-0.39, 0.29) is 12.8 Å². The first kappa shape index (κ1) is 18.9. The van der Waals surface area contributed by atoms with Crippen molar-refractivity contribution in [3.63, 3.8) is 0 Å². The Balaban J connectivity index is 6.48. The summed E-state index contributed by atoms with van der Waals surface area (Å²) in [7, 11) is -5.06. The molecule has 3 unspecified atom stereocenters. The van der Waals surface area contributed by atoms with Gasteiger partial charge in [-0.25, -0.2) is 0 Å². The Morgan fingerprint density at radius 1 is 1.05 bits per heavy atom. The van der Waals surface area contributed by atoms with E-state index < -0.39 is 44.6 Å². The summed E-state index contributed by atoms with van der Waals surface area (Å²) in [4.78, 5) is 23.1. The minimum Gasteiger partial charge on any atom is -0.481 e. The van der Waals surface area contributed by atoms with E-state index in [0.29, 0.717) is 0 Å². The van der Waals surface area contributed by atoms with Crippen LogP contribution < -0.4 is 0 Å². The molecule has 118 valence electrons. The monoisotopic (exact) mass is 310 g/mol. The smallest absolute Gasteiger partial charge is 0.325 e. The van der Waals surface area contributed by atoms with Gasteiger partial charge in [-0.05, 0) is 11.8 Å². The fourth-order valence-electron chi connectivity index (χ4n) is 2.79. The second-order valence-electron chi connectivity index (χ2n) is 5.09. The Morgan fingerprint density at radius 3 is 1.55 bits per heavy atom. The van der Waals surface area contributed by atoms with Crippen LogP contribution >= 0.6 is 0 Å². The zero-order valence-corrected chi connectivity index (χ0v) is 12.8. The molecule has 0 aliphatic heterocycles.